The normalized spacial score (nSPS) is 11.9. The van der Waals surface area contributed by atoms with Crippen LogP contribution in [-0.4, -0.2) is 51.4 Å². The number of hydrogen-bond donors (Lipinski definition) is 1. The SMILES string of the molecule is CCCCNC(=O)[C@@H](C)N(Cc1cccc(OC)c1)C(=O)CN(c1ccc(CC)cc1)S(=O)(=O)c1ccccc1. The molecular weight excluding hydrogens is 526 g/mol. The van der Waals surface area contributed by atoms with Crippen LogP contribution in [0.2, 0.25) is 0 Å². The maximum Gasteiger partial charge on any atom is 0.264 e. The Hall–Kier alpha value is -3.85. The van der Waals surface area contributed by atoms with Gasteiger partial charge in [-0.1, -0.05) is 62.7 Å². The Morgan fingerprint density at radius 2 is 1.62 bits per heavy atom. The van der Waals surface area contributed by atoms with Crippen molar-refractivity contribution >= 4 is 27.5 Å². The standard InChI is InChI=1S/C31H39N3O5S/c1-5-7-20-32-31(36)24(3)33(22-26-12-11-13-28(21-26)39-4)30(35)23-34(27-18-16-25(6-2)17-19-27)40(37,38)29-14-9-8-10-15-29/h8-19,21,24H,5-7,20,22-23H2,1-4H3,(H,32,36)/t24-/m1/s1. The summed E-state index contributed by atoms with van der Waals surface area (Å²) in [6.07, 6.45) is 2.53. The van der Waals surface area contributed by atoms with Crippen LogP contribution in [0.25, 0.3) is 0 Å². The van der Waals surface area contributed by atoms with E-state index in [0.717, 1.165) is 34.7 Å². The van der Waals surface area contributed by atoms with Gasteiger partial charge in [0, 0.05) is 13.1 Å². The van der Waals surface area contributed by atoms with Gasteiger partial charge in [0.05, 0.1) is 17.7 Å². The van der Waals surface area contributed by atoms with E-state index in [0.29, 0.717) is 18.0 Å². The first kappa shape index (κ1) is 30.7. The van der Waals surface area contributed by atoms with Crippen LogP contribution in [0.15, 0.2) is 83.8 Å². The van der Waals surface area contributed by atoms with Crippen LogP contribution in [0.1, 0.15) is 44.7 Å². The molecule has 3 aromatic carbocycles. The number of methoxy groups -OCH3 is 1. The van der Waals surface area contributed by atoms with Crippen molar-refractivity contribution in [3.05, 3.63) is 90.0 Å². The second kappa shape index (κ2) is 14.5. The molecule has 40 heavy (non-hydrogen) atoms. The van der Waals surface area contributed by atoms with Crippen molar-refractivity contribution in [1.82, 2.24) is 10.2 Å². The molecule has 2 amide bonds. The topological polar surface area (TPSA) is 96.0 Å². The molecule has 3 aromatic rings. The third kappa shape index (κ3) is 7.85. The lowest BCUT2D eigenvalue weighted by molar-refractivity contribution is -0.139. The highest BCUT2D eigenvalue weighted by atomic mass is 32.2. The highest BCUT2D eigenvalue weighted by molar-refractivity contribution is 7.92. The molecular formula is C31H39N3O5S. The summed E-state index contributed by atoms with van der Waals surface area (Å²) in [4.78, 5) is 28.5. The minimum atomic E-state index is -4.08. The fourth-order valence-electron chi connectivity index (χ4n) is 4.23. The first-order valence-corrected chi connectivity index (χ1v) is 15.0. The molecule has 214 valence electrons. The van der Waals surface area contributed by atoms with Crippen molar-refractivity contribution in [2.45, 2.75) is 57.5 Å². The Kier molecular flexibility index (Phi) is 11.1. The van der Waals surface area contributed by atoms with Gasteiger partial charge in [0.15, 0.2) is 0 Å². The number of aryl methyl sites for hydroxylation is 1. The van der Waals surface area contributed by atoms with Crippen LogP contribution in [0, 0.1) is 0 Å². The number of carbonyl (C=O) groups is 2. The molecule has 0 radical (unpaired) electrons. The maximum absolute atomic E-state index is 14.0. The van der Waals surface area contributed by atoms with Crippen LogP contribution in [0.4, 0.5) is 5.69 Å². The number of anilines is 1. The van der Waals surface area contributed by atoms with Gasteiger partial charge in [-0.25, -0.2) is 8.42 Å². The molecule has 0 spiro atoms. The zero-order valence-corrected chi connectivity index (χ0v) is 24.5. The van der Waals surface area contributed by atoms with Crippen LogP contribution in [0.3, 0.4) is 0 Å². The predicted molar refractivity (Wildman–Crippen MR) is 158 cm³/mol. The number of ether oxygens (including phenoxy) is 1. The van der Waals surface area contributed by atoms with E-state index in [2.05, 4.69) is 5.32 Å². The van der Waals surface area contributed by atoms with Gasteiger partial charge in [0.2, 0.25) is 11.8 Å². The average molecular weight is 566 g/mol. The molecule has 0 aromatic heterocycles. The molecule has 8 nitrogen and oxygen atoms in total. The highest BCUT2D eigenvalue weighted by Gasteiger charge is 2.32. The maximum atomic E-state index is 14.0. The fraction of sp³-hybridized carbons (Fsp3) is 0.355. The fourth-order valence-corrected chi connectivity index (χ4v) is 5.67. The summed E-state index contributed by atoms with van der Waals surface area (Å²) in [5.74, 6) is -0.177. The minimum Gasteiger partial charge on any atom is -0.497 e. The van der Waals surface area contributed by atoms with Crippen molar-refractivity contribution in [2.24, 2.45) is 0 Å². The van der Waals surface area contributed by atoms with Crippen LogP contribution in [0.5, 0.6) is 5.75 Å². The summed E-state index contributed by atoms with van der Waals surface area (Å²) in [6.45, 7) is 5.83. The summed E-state index contributed by atoms with van der Waals surface area (Å²) >= 11 is 0. The molecule has 0 heterocycles. The van der Waals surface area contributed by atoms with E-state index in [-0.39, 0.29) is 17.3 Å². The lowest BCUT2D eigenvalue weighted by Gasteiger charge is -2.32. The molecule has 0 saturated carbocycles. The zero-order valence-electron chi connectivity index (χ0n) is 23.7. The third-order valence-electron chi connectivity index (χ3n) is 6.73. The van der Waals surface area contributed by atoms with E-state index in [1.165, 1.54) is 17.0 Å². The van der Waals surface area contributed by atoms with Crippen molar-refractivity contribution in [3.8, 4) is 5.75 Å². The highest BCUT2D eigenvalue weighted by Crippen LogP contribution is 2.25. The molecule has 1 atom stereocenters. The van der Waals surface area contributed by atoms with Gasteiger partial charge in [-0.15, -0.1) is 0 Å². The molecule has 0 aliphatic heterocycles. The largest absolute Gasteiger partial charge is 0.497 e. The van der Waals surface area contributed by atoms with Gasteiger partial charge in [-0.3, -0.25) is 13.9 Å². The number of benzene rings is 3. The molecule has 0 fully saturated rings. The number of nitrogens with zero attached hydrogens (tertiary/aromatic N) is 2. The molecule has 0 bridgehead atoms. The second-order valence-electron chi connectivity index (χ2n) is 9.54. The lowest BCUT2D eigenvalue weighted by Crippen LogP contribution is -2.51. The van der Waals surface area contributed by atoms with Crippen LogP contribution < -0.4 is 14.4 Å². The number of amides is 2. The number of rotatable bonds is 14. The summed E-state index contributed by atoms with van der Waals surface area (Å²) < 4.78 is 34.1. The summed E-state index contributed by atoms with van der Waals surface area (Å²) in [5.41, 5.74) is 2.17. The molecule has 0 unspecified atom stereocenters. The van der Waals surface area contributed by atoms with E-state index < -0.39 is 28.5 Å². The van der Waals surface area contributed by atoms with Crippen molar-refractivity contribution in [1.29, 1.82) is 0 Å². The number of unbranched alkanes of at least 4 members (excludes halogenated alkanes) is 1. The van der Waals surface area contributed by atoms with Gasteiger partial charge in [0.1, 0.15) is 18.3 Å². The third-order valence-corrected chi connectivity index (χ3v) is 8.51. The quantitative estimate of drug-likeness (QED) is 0.284. The number of nitrogens with one attached hydrogen (secondary N) is 1. The monoisotopic (exact) mass is 565 g/mol. The minimum absolute atomic E-state index is 0.0760. The summed E-state index contributed by atoms with van der Waals surface area (Å²) in [5, 5.41) is 2.89. The van der Waals surface area contributed by atoms with Crippen molar-refractivity contribution in [3.63, 3.8) is 0 Å². The van der Waals surface area contributed by atoms with E-state index in [4.69, 9.17) is 4.74 Å². The Balaban J connectivity index is 2.00. The predicted octanol–water partition coefficient (Wildman–Crippen LogP) is 4.79. The molecule has 9 heteroatoms. The summed E-state index contributed by atoms with van der Waals surface area (Å²) in [6, 6.07) is 21.6. The van der Waals surface area contributed by atoms with Gasteiger partial charge in [0.25, 0.3) is 10.0 Å². The number of sulfonamides is 1. The number of carbonyl (C=O) groups excluding carboxylic acids is 2. The van der Waals surface area contributed by atoms with Crippen molar-refractivity contribution < 1.29 is 22.7 Å². The number of hydrogen-bond acceptors (Lipinski definition) is 5. The first-order valence-electron chi connectivity index (χ1n) is 13.6. The van der Waals surface area contributed by atoms with Crippen LogP contribution >= 0.6 is 0 Å². The van der Waals surface area contributed by atoms with E-state index in [1.807, 2.05) is 38.1 Å². The Morgan fingerprint density at radius 3 is 2.25 bits per heavy atom. The average Bonchev–Trinajstić information content (AvgIpc) is 2.98. The molecule has 0 saturated heterocycles. The Bertz CT molecular complexity index is 1360. The van der Waals surface area contributed by atoms with E-state index >= 15 is 0 Å². The Morgan fingerprint density at radius 1 is 0.925 bits per heavy atom. The second-order valence-corrected chi connectivity index (χ2v) is 11.4. The van der Waals surface area contributed by atoms with E-state index in [1.54, 1.807) is 56.5 Å². The molecule has 1 N–H and O–H groups in total. The first-order chi connectivity index (χ1) is 19.2. The molecule has 3 rings (SSSR count). The zero-order chi connectivity index (χ0) is 29.1. The van der Waals surface area contributed by atoms with Gasteiger partial charge < -0.3 is 15.0 Å². The van der Waals surface area contributed by atoms with Gasteiger partial charge in [-0.05, 0) is 67.3 Å². The molecule has 0 aliphatic carbocycles. The summed E-state index contributed by atoms with van der Waals surface area (Å²) in [7, 11) is -2.53. The Labute approximate surface area is 238 Å². The lowest BCUT2D eigenvalue weighted by atomic mass is 10.1. The molecule has 0 aliphatic rings. The van der Waals surface area contributed by atoms with E-state index in [9.17, 15) is 18.0 Å². The smallest absolute Gasteiger partial charge is 0.264 e. The van der Waals surface area contributed by atoms with Gasteiger partial charge in [-0.2, -0.15) is 0 Å². The van der Waals surface area contributed by atoms with Crippen molar-refractivity contribution in [2.75, 3.05) is 24.5 Å². The van der Waals surface area contributed by atoms with Gasteiger partial charge >= 0.3 is 0 Å². The van der Waals surface area contributed by atoms with Crippen LogP contribution in [-0.2, 0) is 32.6 Å².